The molecule has 25 heavy (non-hydrogen) atoms. The van der Waals surface area contributed by atoms with Gasteiger partial charge in [0.2, 0.25) is 5.91 Å². The number of carbonyl (C=O) groups is 2. The molecule has 0 spiro atoms. The molecule has 2 aromatic rings. The Hall–Kier alpha value is -2.65. The Bertz CT molecular complexity index is 823. The van der Waals surface area contributed by atoms with Gasteiger partial charge in [-0.2, -0.15) is 5.26 Å². The molecule has 1 aromatic heterocycles. The third-order valence-corrected chi connectivity index (χ3v) is 5.12. The molecule has 128 valence electrons. The van der Waals surface area contributed by atoms with Crippen LogP contribution in [0.5, 0.6) is 0 Å². The van der Waals surface area contributed by atoms with Crippen LogP contribution in [-0.4, -0.2) is 18.5 Å². The number of amides is 1. The summed E-state index contributed by atoms with van der Waals surface area (Å²) >= 11 is 1.31. The molecule has 6 heteroatoms. The van der Waals surface area contributed by atoms with Crippen LogP contribution in [0.2, 0.25) is 0 Å². The van der Waals surface area contributed by atoms with Crippen molar-refractivity contribution in [2.24, 2.45) is 0 Å². The predicted octanol–water partition coefficient (Wildman–Crippen LogP) is 4.05. The number of ether oxygens (including phenoxy) is 1. The first-order valence-corrected chi connectivity index (χ1v) is 9.03. The summed E-state index contributed by atoms with van der Waals surface area (Å²) in [7, 11) is 0. The van der Waals surface area contributed by atoms with E-state index in [1.807, 2.05) is 29.6 Å². The van der Waals surface area contributed by atoms with Crippen molar-refractivity contribution in [3.8, 4) is 6.07 Å². The summed E-state index contributed by atoms with van der Waals surface area (Å²) in [5, 5.41) is 13.7. The van der Waals surface area contributed by atoms with E-state index in [4.69, 9.17) is 10.00 Å². The maximum atomic E-state index is 12.4. The second-order valence-electron chi connectivity index (χ2n) is 5.86. The number of nitrogens with one attached hydrogen (secondary N) is 1. The highest BCUT2D eigenvalue weighted by atomic mass is 32.1. The van der Waals surface area contributed by atoms with E-state index in [2.05, 4.69) is 17.4 Å². The van der Waals surface area contributed by atoms with Crippen molar-refractivity contribution in [2.75, 3.05) is 11.9 Å². The van der Waals surface area contributed by atoms with Crippen LogP contribution in [0.1, 0.15) is 53.1 Å². The molecule has 2 unspecified atom stereocenters. The fourth-order valence-electron chi connectivity index (χ4n) is 3.00. The van der Waals surface area contributed by atoms with E-state index in [0.29, 0.717) is 16.5 Å². The SMILES string of the molecule is CCOC(=O)c1c(C2CC2c2ccccc2)csc1NC(=O)CC#N. The van der Waals surface area contributed by atoms with Crippen molar-refractivity contribution in [3.05, 3.63) is 52.4 Å². The minimum absolute atomic E-state index is 0.244. The van der Waals surface area contributed by atoms with E-state index in [-0.39, 0.29) is 18.9 Å². The third-order valence-electron chi connectivity index (χ3n) is 4.21. The van der Waals surface area contributed by atoms with Gasteiger partial charge in [0.15, 0.2) is 0 Å². The van der Waals surface area contributed by atoms with Gasteiger partial charge in [0.25, 0.3) is 0 Å². The molecule has 3 rings (SSSR count). The van der Waals surface area contributed by atoms with Crippen molar-refractivity contribution in [2.45, 2.75) is 31.6 Å². The molecule has 0 aliphatic heterocycles. The monoisotopic (exact) mass is 354 g/mol. The van der Waals surface area contributed by atoms with Gasteiger partial charge in [-0.1, -0.05) is 30.3 Å². The Morgan fingerprint density at radius 1 is 1.32 bits per heavy atom. The Morgan fingerprint density at radius 3 is 2.76 bits per heavy atom. The third kappa shape index (κ3) is 3.72. The molecule has 1 heterocycles. The molecular formula is C19H18N2O3S. The first kappa shape index (κ1) is 17.2. The summed E-state index contributed by atoms with van der Waals surface area (Å²) in [6, 6.07) is 12.0. The van der Waals surface area contributed by atoms with Crippen LogP contribution in [0.4, 0.5) is 5.00 Å². The summed E-state index contributed by atoms with van der Waals surface area (Å²) < 4.78 is 5.18. The number of hydrogen-bond donors (Lipinski definition) is 1. The minimum Gasteiger partial charge on any atom is -0.462 e. The van der Waals surface area contributed by atoms with Crippen LogP contribution >= 0.6 is 11.3 Å². The number of carbonyl (C=O) groups excluding carboxylic acids is 2. The van der Waals surface area contributed by atoms with Crippen LogP contribution in [0.3, 0.4) is 0 Å². The van der Waals surface area contributed by atoms with E-state index < -0.39 is 11.9 Å². The largest absolute Gasteiger partial charge is 0.462 e. The van der Waals surface area contributed by atoms with E-state index in [1.165, 1.54) is 16.9 Å². The first-order chi connectivity index (χ1) is 12.2. The van der Waals surface area contributed by atoms with Gasteiger partial charge in [-0.05, 0) is 41.7 Å². The molecule has 2 atom stereocenters. The number of nitriles is 1. The average molecular weight is 354 g/mol. The first-order valence-electron chi connectivity index (χ1n) is 8.16. The summed E-state index contributed by atoms with van der Waals surface area (Å²) in [4.78, 5) is 24.2. The van der Waals surface area contributed by atoms with E-state index in [0.717, 1.165) is 12.0 Å². The smallest absolute Gasteiger partial charge is 0.341 e. The zero-order valence-corrected chi connectivity index (χ0v) is 14.6. The Balaban J connectivity index is 1.87. The highest BCUT2D eigenvalue weighted by molar-refractivity contribution is 7.15. The van der Waals surface area contributed by atoms with Crippen molar-refractivity contribution >= 4 is 28.2 Å². The molecule has 0 bridgehead atoms. The molecule has 0 saturated heterocycles. The van der Waals surface area contributed by atoms with Gasteiger partial charge in [-0.15, -0.1) is 11.3 Å². The second kappa shape index (κ2) is 7.49. The van der Waals surface area contributed by atoms with E-state index in [9.17, 15) is 9.59 Å². The number of thiophene rings is 1. The Labute approximate surface area is 150 Å². The Morgan fingerprint density at radius 2 is 2.08 bits per heavy atom. The van der Waals surface area contributed by atoms with Gasteiger partial charge in [-0.25, -0.2) is 4.79 Å². The van der Waals surface area contributed by atoms with Crippen molar-refractivity contribution in [1.82, 2.24) is 0 Å². The topological polar surface area (TPSA) is 79.2 Å². The number of esters is 1. The van der Waals surface area contributed by atoms with Crippen LogP contribution in [0, 0.1) is 11.3 Å². The second-order valence-corrected chi connectivity index (χ2v) is 6.74. The molecule has 1 fully saturated rings. The van der Waals surface area contributed by atoms with Crippen LogP contribution in [-0.2, 0) is 9.53 Å². The average Bonchev–Trinajstić information content (AvgIpc) is 3.30. The summed E-state index contributed by atoms with van der Waals surface area (Å²) in [6.45, 7) is 2.02. The van der Waals surface area contributed by atoms with Gasteiger partial charge >= 0.3 is 5.97 Å². The highest BCUT2D eigenvalue weighted by Crippen LogP contribution is 2.57. The molecule has 5 nitrogen and oxygen atoms in total. The maximum Gasteiger partial charge on any atom is 0.341 e. The molecule has 0 radical (unpaired) electrons. The lowest BCUT2D eigenvalue weighted by molar-refractivity contribution is -0.115. The minimum atomic E-state index is -0.426. The molecule has 1 aromatic carbocycles. The summed E-state index contributed by atoms with van der Waals surface area (Å²) in [5.74, 6) is -0.215. The number of nitrogens with zero attached hydrogens (tertiary/aromatic N) is 1. The zero-order valence-electron chi connectivity index (χ0n) is 13.8. The fourth-order valence-corrected chi connectivity index (χ4v) is 4.03. The molecular weight excluding hydrogens is 336 g/mol. The number of rotatable bonds is 6. The normalized spacial score (nSPS) is 18.2. The van der Waals surface area contributed by atoms with Gasteiger partial charge in [0.05, 0.1) is 18.2 Å². The van der Waals surface area contributed by atoms with Gasteiger partial charge in [0, 0.05) is 0 Å². The van der Waals surface area contributed by atoms with Gasteiger partial charge in [-0.3, -0.25) is 4.79 Å². The molecule has 1 N–H and O–H groups in total. The number of anilines is 1. The number of hydrogen-bond acceptors (Lipinski definition) is 5. The van der Waals surface area contributed by atoms with E-state index >= 15 is 0 Å². The van der Waals surface area contributed by atoms with Gasteiger partial charge < -0.3 is 10.1 Å². The van der Waals surface area contributed by atoms with Crippen LogP contribution in [0.15, 0.2) is 35.7 Å². The highest BCUT2D eigenvalue weighted by Gasteiger charge is 2.43. The lowest BCUT2D eigenvalue weighted by Crippen LogP contribution is -2.14. The lowest BCUT2D eigenvalue weighted by Gasteiger charge is -2.08. The summed E-state index contributed by atoms with van der Waals surface area (Å²) in [6.07, 6.45) is 0.726. The van der Waals surface area contributed by atoms with E-state index in [1.54, 1.807) is 6.92 Å². The molecule has 1 aliphatic rings. The molecule has 1 saturated carbocycles. The maximum absolute atomic E-state index is 12.4. The standard InChI is InChI=1S/C19H18N2O3S/c1-2-24-19(23)17-15(11-25-18(17)21-16(22)8-9-20)14-10-13(14)12-6-4-3-5-7-12/h3-7,11,13-14H,2,8,10H2,1H3,(H,21,22). The van der Waals surface area contributed by atoms with Crippen LogP contribution in [0.25, 0.3) is 0 Å². The van der Waals surface area contributed by atoms with Crippen LogP contribution < -0.4 is 5.32 Å². The predicted molar refractivity (Wildman–Crippen MR) is 95.7 cm³/mol. The quantitative estimate of drug-likeness (QED) is 0.794. The van der Waals surface area contributed by atoms with Crippen molar-refractivity contribution in [1.29, 1.82) is 5.26 Å². The number of benzene rings is 1. The summed E-state index contributed by atoms with van der Waals surface area (Å²) in [5.41, 5.74) is 2.61. The van der Waals surface area contributed by atoms with Crippen molar-refractivity contribution < 1.29 is 14.3 Å². The fraction of sp³-hybridized carbons (Fsp3) is 0.316. The Kier molecular flexibility index (Phi) is 5.15. The lowest BCUT2D eigenvalue weighted by atomic mass is 10.0. The molecule has 1 aliphatic carbocycles. The molecule has 1 amide bonds. The van der Waals surface area contributed by atoms with Gasteiger partial charge in [0.1, 0.15) is 11.4 Å². The zero-order chi connectivity index (χ0) is 17.8. The van der Waals surface area contributed by atoms with Crippen molar-refractivity contribution in [3.63, 3.8) is 0 Å².